The van der Waals surface area contributed by atoms with Gasteiger partial charge < -0.3 is 28.8 Å². The van der Waals surface area contributed by atoms with Crippen LogP contribution in [-0.2, 0) is 55.7 Å². The van der Waals surface area contributed by atoms with Gasteiger partial charge in [0.05, 0.1) is 12.5 Å². The molecule has 1 aliphatic rings. The summed E-state index contributed by atoms with van der Waals surface area (Å²) in [7, 11) is 0. The topological polar surface area (TPSA) is 138 Å². The van der Waals surface area contributed by atoms with Gasteiger partial charge in [-0.05, 0) is 74.6 Å². The highest BCUT2D eigenvalue weighted by atomic mass is 16.6. The molecule has 0 radical (unpaired) electrons. The third-order valence-corrected chi connectivity index (χ3v) is 7.15. The molecule has 1 N–H and O–H groups in total. The van der Waals surface area contributed by atoms with Gasteiger partial charge in [-0.1, -0.05) is 89.4 Å². The van der Waals surface area contributed by atoms with E-state index in [1.54, 1.807) is 13.8 Å². The maximum atomic E-state index is 12.1. The van der Waals surface area contributed by atoms with Crippen LogP contribution in [0.5, 0.6) is 0 Å². The lowest BCUT2D eigenvalue weighted by Crippen LogP contribution is -2.26. The van der Waals surface area contributed by atoms with E-state index in [1.165, 1.54) is 18.1 Å². The standard InChI is InChI=1S/C20H28O5.C13H18O2.C7H10O3/c1-13(2)10-16-6-8-17(9-7-16)15(5)20(23)25-12-18(21)11-24-19(22)14(3)4;1-10(2)8-12-4-6-13(7-5-12)11(3)15-9-14;1-5(2)7(8)10-4-6-3-9-6/h6-9,13,15,18,21H,3,10-12H2,1-2,4-5H3;4-7,9-11H,8H2,1-3H3;6H,1,3-4H2,2H3. The van der Waals surface area contributed by atoms with Gasteiger partial charge in [0, 0.05) is 11.1 Å². The van der Waals surface area contributed by atoms with Gasteiger partial charge in [0.15, 0.2) is 0 Å². The first-order valence-electron chi connectivity index (χ1n) is 16.9. The van der Waals surface area contributed by atoms with Crippen LogP contribution in [-0.4, -0.2) is 68.1 Å². The summed E-state index contributed by atoms with van der Waals surface area (Å²) in [6.07, 6.45) is 1.00. The van der Waals surface area contributed by atoms with E-state index < -0.39 is 24.0 Å². The van der Waals surface area contributed by atoms with Gasteiger partial charge in [-0.25, -0.2) is 9.59 Å². The number of ether oxygens (including phenoxy) is 5. The fourth-order valence-corrected chi connectivity index (χ4v) is 4.21. The number of aliphatic hydroxyl groups excluding tert-OH is 1. The fourth-order valence-electron chi connectivity index (χ4n) is 4.21. The van der Waals surface area contributed by atoms with Gasteiger partial charge in [0.1, 0.15) is 38.1 Å². The normalized spacial score (nSPS) is 14.7. The third kappa shape index (κ3) is 19.0. The van der Waals surface area contributed by atoms with Crippen molar-refractivity contribution in [3.05, 3.63) is 95.1 Å². The molecule has 3 rings (SSSR count). The number of carbonyl (C=O) groups excluding carboxylic acids is 4. The minimum absolute atomic E-state index is 0.142. The zero-order chi connectivity index (χ0) is 37.8. The Kier molecular flexibility index (Phi) is 20.3. The molecule has 1 heterocycles. The molecule has 1 aliphatic heterocycles. The molecule has 0 spiro atoms. The number of aliphatic hydroxyl groups is 1. The Morgan fingerprint density at radius 1 is 0.780 bits per heavy atom. The monoisotopic (exact) mass is 696 g/mol. The number of carbonyl (C=O) groups is 4. The molecular formula is C40H56O10. The lowest BCUT2D eigenvalue weighted by atomic mass is 9.97. The molecule has 276 valence electrons. The lowest BCUT2D eigenvalue weighted by Gasteiger charge is -2.15. The van der Waals surface area contributed by atoms with Crippen molar-refractivity contribution in [1.29, 1.82) is 0 Å². The van der Waals surface area contributed by atoms with Crippen molar-refractivity contribution < 1.29 is 48.0 Å². The average Bonchev–Trinajstić information content (AvgIpc) is 3.90. The van der Waals surface area contributed by atoms with E-state index in [-0.39, 0.29) is 37.0 Å². The maximum absolute atomic E-state index is 12.1. The first kappa shape index (κ1) is 43.7. The van der Waals surface area contributed by atoms with Gasteiger partial charge in [-0.3, -0.25) is 9.59 Å². The number of benzene rings is 2. The molecule has 0 amide bonds. The van der Waals surface area contributed by atoms with E-state index in [2.05, 4.69) is 53.0 Å². The second-order valence-electron chi connectivity index (χ2n) is 13.3. The molecule has 1 fully saturated rings. The van der Waals surface area contributed by atoms with Crippen LogP contribution in [0.15, 0.2) is 72.8 Å². The Bertz CT molecular complexity index is 1360. The van der Waals surface area contributed by atoms with Crippen molar-refractivity contribution in [1.82, 2.24) is 0 Å². The van der Waals surface area contributed by atoms with E-state index in [0.29, 0.717) is 37.1 Å². The van der Waals surface area contributed by atoms with Crippen molar-refractivity contribution in [2.75, 3.05) is 26.4 Å². The molecule has 0 saturated carbocycles. The van der Waals surface area contributed by atoms with Crippen LogP contribution in [0.4, 0.5) is 0 Å². The third-order valence-electron chi connectivity index (χ3n) is 7.15. The highest BCUT2D eigenvalue weighted by molar-refractivity contribution is 5.87. The van der Waals surface area contributed by atoms with Crippen LogP contribution >= 0.6 is 0 Å². The SMILES string of the molecule is C=C(C)C(=O)OCC(O)COC(=O)C(C)c1ccc(CC(C)C)cc1.C=C(C)C(=O)OCC1CO1.CC(C)Cc1ccc(C(C)OC=O)cc1. The highest BCUT2D eigenvalue weighted by Gasteiger charge is 2.24. The van der Waals surface area contributed by atoms with Crippen molar-refractivity contribution >= 4 is 24.4 Å². The summed E-state index contributed by atoms with van der Waals surface area (Å²) in [6, 6.07) is 16.1. The largest absolute Gasteiger partial charge is 0.462 e. The quantitative estimate of drug-likeness (QED) is 0.0630. The molecule has 0 aromatic heterocycles. The summed E-state index contributed by atoms with van der Waals surface area (Å²) in [4.78, 5) is 44.2. The minimum atomic E-state index is -1.06. The molecule has 2 aromatic carbocycles. The van der Waals surface area contributed by atoms with E-state index >= 15 is 0 Å². The first-order chi connectivity index (χ1) is 23.5. The summed E-state index contributed by atoms with van der Waals surface area (Å²) in [5, 5.41) is 9.72. The molecule has 4 atom stereocenters. The van der Waals surface area contributed by atoms with Crippen LogP contribution in [0.2, 0.25) is 0 Å². The molecule has 0 bridgehead atoms. The van der Waals surface area contributed by atoms with Gasteiger partial charge in [-0.15, -0.1) is 0 Å². The molecule has 1 saturated heterocycles. The van der Waals surface area contributed by atoms with Crippen molar-refractivity contribution in [3.63, 3.8) is 0 Å². The predicted molar refractivity (Wildman–Crippen MR) is 192 cm³/mol. The van der Waals surface area contributed by atoms with Crippen LogP contribution in [0.25, 0.3) is 0 Å². The van der Waals surface area contributed by atoms with Gasteiger partial charge in [0.25, 0.3) is 6.47 Å². The maximum Gasteiger partial charge on any atom is 0.333 e. The second-order valence-corrected chi connectivity index (χ2v) is 13.3. The highest BCUT2D eigenvalue weighted by Crippen LogP contribution is 2.20. The van der Waals surface area contributed by atoms with Crippen molar-refractivity contribution in [2.24, 2.45) is 11.8 Å². The number of esters is 3. The van der Waals surface area contributed by atoms with E-state index in [1.807, 2.05) is 43.3 Å². The molecule has 2 aromatic rings. The second kappa shape index (κ2) is 23.2. The number of rotatable bonds is 17. The Morgan fingerprint density at radius 2 is 1.22 bits per heavy atom. The zero-order valence-corrected chi connectivity index (χ0v) is 30.9. The molecule has 10 heteroatoms. The smallest absolute Gasteiger partial charge is 0.333 e. The summed E-state index contributed by atoms with van der Waals surface area (Å²) in [5.41, 5.74) is 5.14. The predicted octanol–water partition coefficient (Wildman–Crippen LogP) is 6.64. The fraction of sp³-hybridized carbons (Fsp3) is 0.500. The number of epoxide rings is 1. The van der Waals surface area contributed by atoms with E-state index in [9.17, 15) is 24.3 Å². The lowest BCUT2D eigenvalue weighted by molar-refractivity contribution is -0.151. The summed E-state index contributed by atoms with van der Waals surface area (Å²) < 4.78 is 24.4. The van der Waals surface area contributed by atoms with Crippen LogP contribution in [0.3, 0.4) is 0 Å². The minimum Gasteiger partial charge on any atom is -0.462 e. The van der Waals surface area contributed by atoms with Crippen LogP contribution in [0.1, 0.15) is 89.7 Å². The van der Waals surface area contributed by atoms with Crippen molar-refractivity contribution in [2.45, 2.75) is 92.5 Å². The van der Waals surface area contributed by atoms with Gasteiger partial charge in [-0.2, -0.15) is 0 Å². The van der Waals surface area contributed by atoms with E-state index in [4.69, 9.17) is 23.7 Å². The average molecular weight is 697 g/mol. The summed E-state index contributed by atoms with van der Waals surface area (Å²) in [5.74, 6) is -0.538. The molecule has 0 aliphatic carbocycles. The van der Waals surface area contributed by atoms with Gasteiger partial charge >= 0.3 is 17.9 Å². The Hall–Kier alpha value is -4.28. The van der Waals surface area contributed by atoms with Crippen molar-refractivity contribution in [3.8, 4) is 0 Å². The summed E-state index contributed by atoms with van der Waals surface area (Å²) >= 11 is 0. The molecule has 10 nitrogen and oxygen atoms in total. The Balaban J connectivity index is 0.000000420. The Morgan fingerprint density at radius 3 is 1.64 bits per heavy atom. The van der Waals surface area contributed by atoms with E-state index in [0.717, 1.165) is 24.0 Å². The molecular weight excluding hydrogens is 640 g/mol. The molecule has 4 unspecified atom stereocenters. The number of hydrogen-bond acceptors (Lipinski definition) is 10. The van der Waals surface area contributed by atoms with Crippen LogP contribution < -0.4 is 0 Å². The Labute approximate surface area is 297 Å². The molecule has 50 heavy (non-hydrogen) atoms. The number of hydrogen-bond donors (Lipinski definition) is 1. The van der Waals surface area contributed by atoms with Crippen LogP contribution in [0, 0.1) is 11.8 Å². The first-order valence-corrected chi connectivity index (χ1v) is 16.9. The zero-order valence-electron chi connectivity index (χ0n) is 30.9. The summed E-state index contributed by atoms with van der Waals surface area (Å²) in [6.45, 7) is 23.5. The van der Waals surface area contributed by atoms with Gasteiger partial charge in [0.2, 0.25) is 0 Å².